The van der Waals surface area contributed by atoms with Crippen LogP contribution in [0.5, 0.6) is 11.5 Å². The molecule has 0 amide bonds. The van der Waals surface area contributed by atoms with Crippen molar-refractivity contribution in [2.75, 3.05) is 14.2 Å². The second kappa shape index (κ2) is 10.4. The maximum atomic E-state index is 14.4. The van der Waals surface area contributed by atoms with Crippen molar-refractivity contribution in [2.24, 2.45) is 5.92 Å². The van der Waals surface area contributed by atoms with E-state index in [-0.39, 0.29) is 5.82 Å². The van der Waals surface area contributed by atoms with Crippen molar-refractivity contribution in [2.45, 2.75) is 31.3 Å². The first kappa shape index (κ1) is 23.3. The third-order valence-electron chi connectivity index (χ3n) is 4.92. The van der Waals surface area contributed by atoms with Crippen molar-refractivity contribution < 1.29 is 13.9 Å². The standard InChI is InChI=1S/C24H25FN4O2S2/c1-15(2)12-29-22(18-7-5-6-8-20(18)25)27-28-24(29)33-14-16-13-32-23(26-16)19-10-9-17(30-3)11-21(19)31-4/h5-11,13,15H,12,14H2,1-4H3. The average molecular weight is 485 g/mol. The number of hydrogen-bond donors (Lipinski definition) is 0. The zero-order chi connectivity index (χ0) is 23.4. The maximum absolute atomic E-state index is 14.4. The van der Waals surface area contributed by atoms with Crippen LogP contribution in [0, 0.1) is 11.7 Å². The molecule has 0 N–H and O–H groups in total. The molecule has 33 heavy (non-hydrogen) atoms. The Bertz CT molecular complexity index is 1240. The highest BCUT2D eigenvalue weighted by Gasteiger charge is 2.19. The molecular formula is C24H25FN4O2S2. The molecule has 2 heterocycles. The van der Waals surface area contributed by atoms with Crippen LogP contribution in [0.2, 0.25) is 0 Å². The second-order valence-electron chi connectivity index (χ2n) is 7.79. The molecule has 4 rings (SSSR count). The summed E-state index contributed by atoms with van der Waals surface area (Å²) in [6.07, 6.45) is 0. The van der Waals surface area contributed by atoms with Crippen LogP contribution in [-0.4, -0.2) is 34.0 Å². The van der Waals surface area contributed by atoms with Gasteiger partial charge in [-0.05, 0) is 30.2 Å². The van der Waals surface area contributed by atoms with Gasteiger partial charge in [-0.3, -0.25) is 0 Å². The molecule has 6 nitrogen and oxygen atoms in total. The number of ether oxygens (including phenoxy) is 2. The van der Waals surface area contributed by atoms with Gasteiger partial charge in [0.05, 0.1) is 31.0 Å². The number of thiazole rings is 1. The van der Waals surface area contributed by atoms with E-state index in [1.165, 1.54) is 6.07 Å². The van der Waals surface area contributed by atoms with E-state index in [0.717, 1.165) is 27.2 Å². The van der Waals surface area contributed by atoms with Crippen molar-refractivity contribution >= 4 is 23.1 Å². The highest BCUT2D eigenvalue weighted by Crippen LogP contribution is 2.36. The van der Waals surface area contributed by atoms with Gasteiger partial charge in [-0.25, -0.2) is 9.37 Å². The molecule has 0 aliphatic heterocycles. The smallest absolute Gasteiger partial charge is 0.191 e. The lowest BCUT2D eigenvalue weighted by atomic mass is 10.2. The molecule has 0 saturated carbocycles. The molecule has 9 heteroatoms. The summed E-state index contributed by atoms with van der Waals surface area (Å²) in [6.45, 7) is 4.94. The van der Waals surface area contributed by atoms with E-state index in [2.05, 4.69) is 24.0 Å². The lowest BCUT2D eigenvalue weighted by molar-refractivity contribution is 0.395. The SMILES string of the molecule is COc1ccc(-c2nc(CSc3nnc(-c4ccccc4F)n3CC(C)C)cs2)c(OC)c1. The van der Waals surface area contributed by atoms with Crippen LogP contribution in [0.1, 0.15) is 19.5 Å². The van der Waals surface area contributed by atoms with Gasteiger partial charge in [0.15, 0.2) is 11.0 Å². The zero-order valence-corrected chi connectivity index (χ0v) is 20.5. The fraction of sp³-hybridized carbons (Fsp3) is 0.292. The number of rotatable bonds is 9. The van der Waals surface area contributed by atoms with Crippen LogP contribution >= 0.6 is 23.1 Å². The van der Waals surface area contributed by atoms with E-state index in [1.54, 1.807) is 49.5 Å². The van der Waals surface area contributed by atoms with Gasteiger partial charge in [-0.1, -0.05) is 37.7 Å². The summed E-state index contributed by atoms with van der Waals surface area (Å²) in [5, 5.41) is 12.3. The highest BCUT2D eigenvalue weighted by atomic mass is 32.2. The first-order chi connectivity index (χ1) is 16.0. The van der Waals surface area contributed by atoms with Crippen molar-refractivity contribution in [3.05, 3.63) is 59.4 Å². The summed E-state index contributed by atoms with van der Waals surface area (Å²) in [5.74, 6) is 2.68. The minimum absolute atomic E-state index is 0.302. The van der Waals surface area contributed by atoms with Gasteiger partial charge in [0, 0.05) is 23.7 Å². The molecule has 0 saturated heterocycles. The van der Waals surface area contributed by atoms with Crippen LogP contribution in [0.15, 0.2) is 53.0 Å². The van der Waals surface area contributed by atoms with Gasteiger partial charge in [-0.15, -0.1) is 21.5 Å². The molecule has 172 valence electrons. The van der Waals surface area contributed by atoms with Gasteiger partial charge in [0.2, 0.25) is 0 Å². The molecule has 0 bridgehead atoms. The Labute approximate surface area is 200 Å². The molecule has 0 radical (unpaired) electrons. The fourth-order valence-corrected chi connectivity index (χ4v) is 5.17. The Morgan fingerprint density at radius 1 is 1.06 bits per heavy atom. The molecule has 2 aromatic carbocycles. The van der Waals surface area contributed by atoms with Crippen LogP contribution in [-0.2, 0) is 12.3 Å². The first-order valence-electron chi connectivity index (χ1n) is 10.5. The second-order valence-corrected chi connectivity index (χ2v) is 9.59. The molecule has 0 unspecified atom stereocenters. The number of thioether (sulfide) groups is 1. The van der Waals surface area contributed by atoms with E-state index >= 15 is 0 Å². The lowest BCUT2D eigenvalue weighted by Gasteiger charge is -2.12. The van der Waals surface area contributed by atoms with Gasteiger partial charge in [0.1, 0.15) is 22.3 Å². The largest absolute Gasteiger partial charge is 0.497 e. The van der Waals surface area contributed by atoms with Crippen LogP contribution in [0.4, 0.5) is 4.39 Å². The van der Waals surface area contributed by atoms with Crippen molar-refractivity contribution in [3.63, 3.8) is 0 Å². The lowest BCUT2D eigenvalue weighted by Crippen LogP contribution is -2.08. The van der Waals surface area contributed by atoms with Crippen LogP contribution < -0.4 is 9.47 Å². The predicted octanol–water partition coefficient (Wildman–Crippen LogP) is 6.17. The molecule has 0 fully saturated rings. The Balaban J connectivity index is 1.56. The molecule has 0 aliphatic rings. The third-order valence-corrected chi connectivity index (χ3v) is 6.84. The summed E-state index contributed by atoms with van der Waals surface area (Å²) in [7, 11) is 3.26. The minimum atomic E-state index is -0.302. The minimum Gasteiger partial charge on any atom is -0.497 e. The van der Waals surface area contributed by atoms with Gasteiger partial charge >= 0.3 is 0 Å². The zero-order valence-electron chi connectivity index (χ0n) is 18.9. The molecule has 2 aromatic heterocycles. The van der Waals surface area contributed by atoms with Gasteiger partial charge in [0.25, 0.3) is 0 Å². The number of halogens is 1. The number of aromatic nitrogens is 4. The van der Waals surface area contributed by atoms with E-state index in [4.69, 9.17) is 14.5 Å². The first-order valence-corrected chi connectivity index (χ1v) is 12.3. The fourth-order valence-electron chi connectivity index (χ4n) is 3.38. The number of benzene rings is 2. The summed E-state index contributed by atoms with van der Waals surface area (Å²) in [5.41, 5.74) is 2.31. The van der Waals surface area contributed by atoms with Crippen LogP contribution in [0.3, 0.4) is 0 Å². The van der Waals surface area contributed by atoms with Crippen molar-refractivity contribution in [3.8, 4) is 33.5 Å². The average Bonchev–Trinajstić information content (AvgIpc) is 3.44. The molecule has 0 aliphatic carbocycles. The van der Waals surface area contributed by atoms with E-state index < -0.39 is 0 Å². The maximum Gasteiger partial charge on any atom is 0.191 e. The van der Waals surface area contributed by atoms with E-state index in [0.29, 0.717) is 35.4 Å². The molecular weight excluding hydrogens is 459 g/mol. The monoisotopic (exact) mass is 484 g/mol. The quantitative estimate of drug-likeness (QED) is 0.265. The Kier molecular flexibility index (Phi) is 7.29. The van der Waals surface area contributed by atoms with Crippen molar-refractivity contribution in [1.29, 1.82) is 0 Å². The van der Waals surface area contributed by atoms with E-state index in [1.807, 2.05) is 34.2 Å². The number of hydrogen-bond acceptors (Lipinski definition) is 7. The number of methoxy groups -OCH3 is 2. The Morgan fingerprint density at radius 2 is 1.88 bits per heavy atom. The normalized spacial score (nSPS) is 11.2. The van der Waals surface area contributed by atoms with E-state index in [9.17, 15) is 4.39 Å². The van der Waals surface area contributed by atoms with Gasteiger partial charge in [-0.2, -0.15) is 0 Å². The highest BCUT2D eigenvalue weighted by molar-refractivity contribution is 7.98. The van der Waals surface area contributed by atoms with Crippen LogP contribution in [0.25, 0.3) is 22.0 Å². The predicted molar refractivity (Wildman–Crippen MR) is 130 cm³/mol. The molecule has 0 atom stereocenters. The summed E-state index contributed by atoms with van der Waals surface area (Å²) < 4.78 is 27.2. The Morgan fingerprint density at radius 3 is 2.61 bits per heavy atom. The summed E-state index contributed by atoms with van der Waals surface area (Å²) >= 11 is 3.11. The topological polar surface area (TPSA) is 62.1 Å². The van der Waals surface area contributed by atoms with Gasteiger partial charge < -0.3 is 14.0 Å². The summed E-state index contributed by atoms with van der Waals surface area (Å²) in [4.78, 5) is 4.79. The molecule has 0 spiro atoms. The third kappa shape index (κ3) is 5.20. The van der Waals surface area contributed by atoms with Crippen molar-refractivity contribution in [1.82, 2.24) is 19.7 Å². The Hall–Kier alpha value is -2.91. The number of nitrogens with zero attached hydrogens (tertiary/aromatic N) is 4. The molecule has 4 aromatic rings. The summed E-state index contributed by atoms with van der Waals surface area (Å²) in [6, 6.07) is 12.4.